The number of hydrogen-bond donors (Lipinski definition) is 0. The van der Waals surface area contributed by atoms with Crippen molar-refractivity contribution >= 4 is 22.4 Å². The smallest absolute Gasteiger partial charge is 0.291 e. The van der Waals surface area contributed by atoms with Gasteiger partial charge in [-0.3, -0.25) is 4.79 Å². The highest BCUT2D eigenvalue weighted by Gasteiger charge is 2.14. The lowest BCUT2D eigenvalue weighted by atomic mass is 10.1. The molecule has 0 bridgehead atoms. The molecule has 0 unspecified atom stereocenters. The minimum Gasteiger partial charge on any atom is -0.493 e. The summed E-state index contributed by atoms with van der Waals surface area (Å²) in [5.41, 5.74) is 2.74. The van der Waals surface area contributed by atoms with Crippen LogP contribution in [0.5, 0.6) is 11.5 Å². The van der Waals surface area contributed by atoms with Crippen LogP contribution in [0.4, 0.5) is 0 Å². The average molecular weight is 379 g/mol. The van der Waals surface area contributed by atoms with E-state index in [1.807, 2.05) is 43.3 Å². The zero-order valence-corrected chi connectivity index (χ0v) is 15.9. The minimum absolute atomic E-state index is 0.171. The van der Waals surface area contributed by atoms with Gasteiger partial charge in [0, 0.05) is 5.56 Å². The Morgan fingerprint density at radius 2 is 1.78 bits per heavy atom. The SMILES string of the molecule is COc1ccc(-c2nc3s/c(=C\c4ccc(C)cc4)c(=O)n3n2)cc1OC. The van der Waals surface area contributed by atoms with Gasteiger partial charge in [0.05, 0.1) is 18.8 Å². The molecule has 6 nitrogen and oxygen atoms in total. The zero-order valence-electron chi connectivity index (χ0n) is 15.1. The second-order valence-corrected chi connectivity index (χ2v) is 7.04. The molecule has 7 heteroatoms. The molecule has 0 N–H and O–H groups in total. The fourth-order valence-electron chi connectivity index (χ4n) is 2.75. The number of rotatable bonds is 4. The molecule has 0 aliphatic carbocycles. The summed E-state index contributed by atoms with van der Waals surface area (Å²) in [5, 5.41) is 4.38. The molecule has 2 aromatic carbocycles. The first kappa shape index (κ1) is 17.2. The van der Waals surface area contributed by atoms with Crippen molar-refractivity contribution in [3.63, 3.8) is 0 Å². The van der Waals surface area contributed by atoms with Crippen LogP contribution < -0.4 is 19.6 Å². The number of aromatic nitrogens is 3. The fourth-order valence-corrected chi connectivity index (χ4v) is 3.65. The topological polar surface area (TPSA) is 65.7 Å². The van der Waals surface area contributed by atoms with Crippen molar-refractivity contribution in [1.82, 2.24) is 14.6 Å². The molecule has 136 valence electrons. The number of ether oxygens (including phenoxy) is 2. The van der Waals surface area contributed by atoms with Gasteiger partial charge in [-0.15, -0.1) is 5.10 Å². The van der Waals surface area contributed by atoms with E-state index in [0.29, 0.717) is 26.8 Å². The molecule has 0 fully saturated rings. The molecule has 0 saturated heterocycles. The molecule has 0 aliphatic rings. The fraction of sp³-hybridized carbons (Fsp3) is 0.150. The quantitative estimate of drug-likeness (QED) is 0.545. The van der Waals surface area contributed by atoms with Crippen molar-refractivity contribution in [3.05, 3.63) is 68.5 Å². The number of aryl methyl sites for hydroxylation is 1. The summed E-state index contributed by atoms with van der Waals surface area (Å²) in [6, 6.07) is 13.4. The summed E-state index contributed by atoms with van der Waals surface area (Å²) in [6.45, 7) is 2.03. The van der Waals surface area contributed by atoms with E-state index in [2.05, 4.69) is 10.1 Å². The standard InChI is InChI=1S/C20H17N3O3S/c1-12-4-6-13(7-5-12)10-17-19(24)23-20(27-17)21-18(22-23)14-8-9-15(25-2)16(11-14)26-3/h4-11H,1-3H3/b17-10-. The van der Waals surface area contributed by atoms with Gasteiger partial charge >= 0.3 is 0 Å². The molecule has 0 radical (unpaired) electrons. The number of hydrogen-bond acceptors (Lipinski definition) is 6. The molecule has 0 saturated carbocycles. The Balaban J connectivity index is 1.77. The first-order valence-electron chi connectivity index (χ1n) is 8.29. The van der Waals surface area contributed by atoms with Crippen LogP contribution in [0, 0.1) is 6.92 Å². The van der Waals surface area contributed by atoms with Gasteiger partial charge in [-0.05, 0) is 36.8 Å². The Kier molecular flexibility index (Phi) is 4.37. The monoisotopic (exact) mass is 379 g/mol. The largest absolute Gasteiger partial charge is 0.493 e. The predicted molar refractivity (Wildman–Crippen MR) is 106 cm³/mol. The Morgan fingerprint density at radius 3 is 2.44 bits per heavy atom. The number of methoxy groups -OCH3 is 2. The van der Waals surface area contributed by atoms with E-state index in [1.165, 1.54) is 21.4 Å². The van der Waals surface area contributed by atoms with E-state index in [-0.39, 0.29) is 5.56 Å². The summed E-state index contributed by atoms with van der Waals surface area (Å²) >= 11 is 1.32. The van der Waals surface area contributed by atoms with E-state index < -0.39 is 0 Å². The van der Waals surface area contributed by atoms with Crippen molar-refractivity contribution in [2.75, 3.05) is 14.2 Å². The molecular formula is C20H17N3O3S. The predicted octanol–water partition coefficient (Wildman–Crippen LogP) is 2.69. The molecule has 0 atom stereocenters. The highest BCUT2D eigenvalue weighted by Crippen LogP contribution is 2.31. The van der Waals surface area contributed by atoms with Crippen LogP contribution in [0.15, 0.2) is 47.3 Å². The lowest BCUT2D eigenvalue weighted by molar-refractivity contribution is 0.355. The molecular weight excluding hydrogens is 362 g/mol. The van der Waals surface area contributed by atoms with Crippen LogP contribution >= 0.6 is 11.3 Å². The first-order chi connectivity index (χ1) is 13.1. The molecule has 2 heterocycles. The van der Waals surface area contributed by atoms with Gasteiger partial charge in [0.2, 0.25) is 4.96 Å². The van der Waals surface area contributed by atoms with Gasteiger partial charge < -0.3 is 9.47 Å². The maximum absolute atomic E-state index is 12.7. The average Bonchev–Trinajstić information content (AvgIpc) is 3.23. The van der Waals surface area contributed by atoms with Gasteiger partial charge in [0.1, 0.15) is 0 Å². The molecule has 0 spiro atoms. The van der Waals surface area contributed by atoms with Gasteiger partial charge in [-0.1, -0.05) is 41.2 Å². The van der Waals surface area contributed by atoms with Crippen molar-refractivity contribution in [3.8, 4) is 22.9 Å². The zero-order chi connectivity index (χ0) is 19.0. The third kappa shape index (κ3) is 3.17. The Bertz CT molecular complexity index is 1230. The first-order valence-corrected chi connectivity index (χ1v) is 9.11. The molecule has 4 rings (SSSR count). The highest BCUT2D eigenvalue weighted by atomic mass is 32.1. The Hall–Kier alpha value is -3.19. The van der Waals surface area contributed by atoms with Crippen LogP contribution in [-0.2, 0) is 0 Å². The summed E-state index contributed by atoms with van der Waals surface area (Å²) in [4.78, 5) is 17.7. The van der Waals surface area contributed by atoms with E-state index in [1.54, 1.807) is 26.4 Å². The normalized spacial score (nSPS) is 11.9. The lowest BCUT2D eigenvalue weighted by Crippen LogP contribution is -2.23. The van der Waals surface area contributed by atoms with Crippen molar-refractivity contribution in [2.45, 2.75) is 6.92 Å². The van der Waals surface area contributed by atoms with E-state index in [9.17, 15) is 4.79 Å². The summed E-state index contributed by atoms with van der Waals surface area (Å²) < 4.78 is 12.5. The van der Waals surface area contributed by atoms with Gasteiger partial charge in [0.15, 0.2) is 17.3 Å². The summed E-state index contributed by atoms with van der Waals surface area (Å²) in [7, 11) is 3.15. The van der Waals surface area contributed by atoms with Gasteiger partial charge in [-0.25, -0.2) is 0 Å². The highest BCUT2D eigenvalue weighted by molar-refractivity contribution is 7.15. The Labute approximate surface area is 159 Å². The molecule has 4 aromatic rings. The van der Waals surface area contributed by atoms with Crippen LogP contribution in [0.25, 0.3) is 22.4 Å². The van der Waals surface area contributed by atoms with Crippen LogP contribution in [0.2, 0.25) is 0 Å². The van der Waals surface area contributed by atoms with Crippen LogP contribution in [0.3, 0.4) is 0 Å². The van der Waals surface area contributed by atoms with E-state index in [4.69, 9.17) is 9.47 Å². The van der Waals surface area contributed by atoms with Crippen molar-refractivity contribution in [2.24, 2.45) is 0 Å². The minimum atomic E-state index is -0.171. The number of nitrogens with zero attached hydrogens (tertiary/aromatic N) is 3. The Morgan fingerprint density at radius 1 is 1.04 bits per heavy atom. The van der Waals surface area contributed by atoms with Crippen LogP contribution in [-0.4, -0.2) is 28.8 Å². The molecule has 0 aliphatic heterocycles. The molecule has 2 aromatic heterocycles. The van der Waals surface area contributed by atoms with Crippen LogP contribution in [0.1, 0.15) is 11.1 Å². The van der Waals surface area contributed by atoms with Gasteiger partial charge in [-0.2, -0.15) is 9.50 Å². The second kappa shape index (κ2) is 6.85. The second-order valence-electron chi connectivity index (χ2n) is 6.03. The molecule has 0 amide bonds. The number of benzene rings is 2. The third-order valence-corrected chi connectivity index (χ3v) is 5.16. The summed E-state index contributed by atoms with van der Waals surface area (Å²) in [5.74, 6) is 1.69. The van der Waals surface area contributed by atoms with Crippen molar-refractivity contribution in [1.29, 1.82) is 0 Å². The number of thiazole rings is 1. The van der Waals surface area contributed by atoms with Crippen molar-refractivity contribution < 1.29 is 9.47 Å². The number of fused-ring (bicyclic) bond motifs is 1. The third-order valence-electron chi connectivity index (χ3n) is 4.20. The van der Waals surface area contributed by atoms with Gasteiger partial charge in [0.25, 0.3) is 5.56 Å². The van der Waals surface area contributed by atoms with E-state index >= 15 is 0 Å². The maximum Gasteiger partial charge on any atom is 0.291 e. The van der Waals surface area contributed by atoms with E-state index in [0.717, 1.165) is 11.1 Å². The lowest BCUT2D eigenvalue weighted by Gasteiger charge is -2.07. The summed E-state index contributed by atoms with van der Waals surface area (Å²) in [6.07, 6.45) is 1.86. The maximum atomic E-state index is 12.7. The molecule has 27 heavy (non-hydrogen) atoms.